The molecular weight excluding hydrogens is 206 g/mol. The van der Waals surface area contributed by atoms with Crippen LogP contribution in [0, 0.1) is 0 Å². The van der Waals surface area contributed by atoms with Crippen LogP contribution in [0.2, 0.25) is 0 Å². The Morgan fingerprint density at radius 1 is 1.38 bits per heavy atom. The van der Waals surface area contributed by atoms with Crippen LogP contribution in [-0.4, -0.2) is 41.7 Å². The summed E-state index contributed by atoms with van der Waals surface area (Å²) in [7, 11) is 0. The Hall–Kier alpha value is -1.55. The van der Waals surface area contributed by atoms with E-state index in [0.29, 0.717) is 25.3 Å². The van der Waals surface area contributed by atoms with Gasteiger partial charge >= 0.3 is 0 Å². The van der Waals surface area contributed by atoms with Crippen LogP contribution in [0.4, 0.5) is 0 Å². The van der Waals surface area contributed by atoms with Gasteiger partial charge in [-0.2, -0.15) is 0 Å². The maximum atomic E-state index is 12.2. The zero-order valence-electron chi connectivity index (χ0n) is 8.85. The number of carbonyl (C=O) groups excluding carboxylic acids is 1. The second-order valence-corrected chi connectivity index (χ2v) is 4.24. The molecule has 1 amide bonds. The Bertz CT molecular complexity index is 440. The van der Waals surface area contributed by atoms with Crippen molar-refractivity contribution in [3.63, 3.8) is 0 Å². The number of phenolic OH excluding ortho intramolecular Hbond substituents is 1. The molecule has 1 aromatic carbocycles. The number of aromatic hydroxyl groups is 1. The van der Waals surface area contributed by atoms with Gasteiger partial charge < -0.3 is 14.7 Å². The van der Waals surface area contributed by atoms with Gasteiger partial charge in [0.15, 0.2) is 0 Å². The SMILES string of the molecule is O=C1c2cccc(O)c2CCN1C1COC1. The largest absolute Gasteiger partial charge is 0.508 e. The molecule has 0 bridgehead atoms. The maximum absolute atomic E-state index is 12.2. The second-order valence-electron chi connectivity index (χ2n) is 4.24. The molecule has 0 aromatic heterocycles. The van der Waals surface area contributed by atoms with Gasteiger partial charge in [0.25, 0.3) is 5.91 Å². The molecule has 4 nitrogen and oxygen atoms in total. The molecule has 1 N–H and O–H groups in total. The summed E-state index contributed by atoms with van der Waals surface area (Å²) < 4.78 is 5.10. The molecule has 16 heavy (non-hydrogen) atoms. The first kappa shape index (κ1) is 9.66. The lowest BCUT2D eigenvalue weighted by atomic mass is 9.96. The van der Waals surface area contributed by atoms with Crippen LogP contribution < -0.4 is 0 Å². The van der Waals surface area contributed by atoms with E-state index >= 15 is 0 Å². The highest BCUT2D eigenvalue weighted by Crippen LogP contribution is 2.28. The standard InChI is InChI=1S/C12H13NO3/c14-11-3-1-2-10-9(11)4-5-13(12(10)15)8-6-16-7-8/h1-3,8,14H,4-7H2. The zero-order valence-corrected chi connectivity index (χ0v) is 8.85. The number of fused-ring (bicyclic) bond motifs is 1. The van der Waals surface area contributed by atoms with Crippen LogP contribution in [0.1, 0.15) is 15.9 Å². The van der Waals surface area contributed by atoms with E-state index in [-0.39, 0.29) is 17.7 Å². The lowest BCUT2D eigenvalue weighted by Gasteiger charge is -2.39. The van der Waals surface area contributed by atoms with Crippen molar-refractivity contribution in [1.29, 1.82) is 0 Å². The van der Waals surface area contributed by atoms with Gasteiger partial charge in [-0.15, -0.1) is 0 Å². The number of hydrogen-bond acceptors (Lipinski definition) is 3. The molecule has 84 valence electrons. The Morgan fingerprint density at radius 3 is 2.88 bits per heavy atom. The average Bonchev–Trinajstić information content (AvgIpc) is 2.20. The molecule has 1 fully saturated rings. The van der Waals surface area contributed by atoms with Crippen molar-refractivity contribution in [2.24, 2.45) is 0 Å². The topological polar surface area (TPSA) is 49.8 Å². The second kappa shape index (κ2) is 3.49. The van der Waals surface area contributed by atoms with Gasteiger partial charge in [0.2, 0.25) is 0 Å². The number of nitrogens with zero attached hydrogens (tertiary/aromatic N) is 1. The van der Waals surface area contributed by atoms with Crippen LogP contribution in [0.3, 0.4) is 0 Å². The monoisotopic (exact) mass is 219 g/mol. The van der Waals surface area contributed by atoms with Crippen molar-refractivity contribution >= 4 is 5.91 Å². The van der Waals surface area contributed by atoms with Crippen molar-refractivity contribution in [2.75, 3.05) is 19.8 Å². The first-order valence-electron chi connectivity index (χ1n) is 5.47. The highest BCUT2D eigenvalue weighted by Gasteiger charge is 2.34. The van der Waals surface area contributed by atoms with Gasteiger partial charge in [0, 0.05) is 17.7 Å². The van der Waals surface area contributed by atoms with Crippen molar-refractivity contribution in [3.8, 4) is 5.75 Å². The van der Waals surface area contributed by atoms with Gasteiger partial charge in [0.1, 0.15) is 5.75 Å². The summed E-state index contributed by atoms with van der Waals surface area (Å²) in [6, 6.07) is 5.35. The fourth-order valence-corrected chi connectivity index (χ4v) is 2.28. The Morgan fingerprint density at radius 2 is 2.19 bits per heavy atom. The van der Waals surface area contributed by atoms with Gasteiger partial charge in [-0.25, -0.2) is 0 Å². The molecule has 0 aliphatic carbocycles. The minimum atomic E-state index is 0.0189. The number of phenols is 1. The lowest BCUT2D eigenvalue weighted by molar-refractivity contribution is -0.0549. The Kier molecular flexibility index (Phi) is 2.11. The number of benzene rings is 1. The molecule has 2 aliphatic rings. The maximum Gasteiger partial charge on any atom is 0.254 e. The first-order valence-corrected chi connectivity index (χ1v) is 5.47. The van der Waals surface area contributed by atoms with Crippen molar-refractivity contribution in [2.45, 2.75) is 12.5 Å². The molecule has 0 radical (unpaired) electrons. The van der Waals surface area contributed by atoms with Crippen LogP contribution in [0.5, 0.6) is 5.75 Å². The molecule has 0 unspecified atom stereocenters. The Labute approximate surface area is 93.4 Å². The molecule has 3 rings (SSSR count). The molecule has 2 aliphatic heterocycles. The smallest absolute Gasteiger partial charge is 0.254 e. The van der Waals surface area contributed by atoms with Crippen LogP contribution >= 0.6 is 0 Å². The summed E-state index contributed by atoms with van der Waals surface area (Å²) in [5.41, 5.74) is 1.42. The third-order valence-corrected chi connectivity index (χ3v) is 3.31. The fraction of sp³-hybridized carbons (Fsp3) is 0.417. The third kappa shape index (κ3) is 1.30. The van der Waals surface area contributed by atoms with E-state index in [9.17, 15) is 9.90 Å². The summed E-state index contributed by atoms with van der Waals surface area (Å²) in [5.74, 6) is 0.251. The predicted octanol–water partition coefficient (Wildman–Crippen LogP) is 0.789. The zero-order chi connectivity index (χ0) is 11.1. The number of ether oxygens (including phenoxy) is 1. The molecule has 0 saturated carbocycles. The highest BCUT2D eigenvalue weighted by molar-refractivity contribution is 5.97. The van der Waals surface area contributed by atoms with Crippen LogP contribution in [0.25, 0.3) is 0 Å². The number of carbonyl (C=O) groups is 1. The number of hydrogen-bond donors (Lipinski definition) is 1. The lowest BCUT2D eigenvalue weighted by Crippen LogP contribution is -2.54. The summed E-state index contributed by atoms with van der Waals surface area (Å²) in [6.45, 7) is 1.96. The average molecular weight is 219 g/mol. The minimum Gasteiger partial charge on any atom is -0.508 e. The van der Waals surface area contributed by atoms with E-state index in [4.69, 9.17) is 4.74 Å². The first-order chi connectivity index (χ1) is 7.77. The van der Waals surface area contributed by atoms with Crippen molar-refractivity contribution in [3.05, 3.63) is 29.3 Å². The van der Waals surface area contributed by atoms with E-state index in [1.54, 1.807) is 18.2 Å². The van der Waals surface area contributed by atoms with Gasteiger partial charge in [0.05, 0.1) is 19.3 Å². The molecule has 1 aromatic rings. The molecule has 0 atom stereocenters. The minimum absolute atomic E-state index is 0.0189. The van der Waals surface area contributed by atoms with Gasteiger partial charge in [-0.05, 0) is 18.6 Å². The van der Waals surface area contributed by atoms with E-state index < -0.39 is 0 Å². The predicted molar refractivity (Wildman–Crippen MR) is 57.5 cm³/mol. The number of rotatable bonds is 1. The van der Waals surface area contributed by atoms with Crippen molar-refractivity contribution < 1.29 is 14.6 Å². The van der Waals surface area contributed by atoms with Crippen molar-refractivity contribution in [1.82, 2.24) is 4.90 Å². The molecular formula is C12H13NO3. The quantitative estimate of drug-likeness (QED) is 0.759. The highest BCUT2D eigenvalue weighted by atomic mass is 16.5. The third-order valence-electron chi connectivity index (χ3n) is 3.31. The molecule has 4 heteroatoms. The summed E-state index contributed by atoms with van der Waals surface area (Å²) in [5, 5.41) is 9.67. The normalized spacial score (nSPS) is 20.5. The van der Waals surface area contributed by atoms with E-state index in [1.165, 1.54) is 0 Å². The summed E-state index contributed by atoms with van der Waals surface area (Å²) in [6.07, 6.45) is 0.726. The van der Waals surface area contributed by atoms with Gasteiger partial charge in [-0.1, -0.05) is 6.07 Å². The van der Waals surface area contributed by atoms with E-state index in [1.807, 2.05) is 4.90 Å². The van der Waals surface area contributed by atoms with E-state index in [2.05, 4.69) is 0 Å². The summed E-state index contributed by atoms with van der Waals surface area (Å²) >= 11 is 0. The van der Waals surface area contributed by atoms with Gasteiger partial charge in [-0.3, -0.25) is 4.79 Å². The number of amides is 1. The summed E-state index contributed by atoms with van der Waals surface area (Å²) in [4.78, 5) is 14.0. The van der Waals surface area contributed by atoms with Crippen LogP contribution in [0.15, 0.2) is 18.2 Å². The Balaban J connectivity index is 1.95. The fourth-order valence-electron chi connectivity index (χ4n) is 2.28. The molecule has 0 spiro atoms. The van der Waals surface area contributed by atoms with E-state index in [0.717, 1.165) is 12.0 Å². The van der Waals surface area contributed by atoms with Crippen LogP contribution in [-0.2, 0) is 11.2 Å². The molecule has 2 heterocycles. The molecule has 1 saturated heterocycles.